The number of nitrogens with zero attached hydrogens (tertiary/aromatic N) is 2. The summed E-state index contributed by atoms with van der Waals surface area (Å²) in [6.07, 6.45) is 0. The molecule has 0 fully saturated rings. The number of halogens is 3. The number of aromatic nitrogens is 1. The second-order valence-electron chi connectivity index (χ2n) is 5.61. The van der Waals surface area contributed by atoms with Crippen LogP contribution in [0.25, 0.3) is 5.69 Å². The molecule has 0 atom stereocenters. The van der Waals surface area contributed by atoms with Gasteiger partial charge in [0.2, 0.25) is 0 Å². The molecule has 5 heteroatoms. The lowest BCUT2D eigenvalue weighted by Gasteiger charge is -2.14. The first-order valence-electron chi connectivity index (χ1n) is 7.42. The smallest absolute Gasteiger partial charge is 0.132 e. The molecule has 0 saturated heterocycles. The van der Waals surface area contributed by atoms with Crippen LogP contribution in [0, 0.1) is 12.7 Å². The zero-order valence-corrected chi connectivity index (χ0v) is 14.5. The monoisotopic (exact) mass is 360 g/mol. The van der Waals surface area contributed by atoms with Crippen LogP contribution in [0.1, 0.15) is 22.5 Å². The van der Waals surface area contributed by atoms with E-state index >= 15 is 0 Å². The van der Waals surface area contributed by atoms with Crippen LogP contribution in [0.15, 0.2) is 59.6 Å². The Labute approximate surface area is 151 Å². The molecule has 1 aromatic heterocycles. The molecule has 2 aromatic carbocycles. The van der Waals surface area contributed by atoms with E-state index in [0.29, 0.717) is 22.8 Å². The van der Waals surface area contributed by atoms with Crippen molar-refractivity contribution in [3.05, 3.63) is 88.0 Å². The average molecular weight is 361 g/mol. The molecule has 0 saturated carbocycles. The molecule has 3 aromatic rings. The Kier molecular flexibility index (Phi) is 4.48. The van der Waals surface area contributed by atoms with E-state index in [-0.39, 0.29) is 18.2 Å². The summed E-state index contributed by atoms with van der Waals surface area (Å²) in [4.78, 5) is 4.69. The molecule has 122 valence electrons. The zero-order valence-electron chi connectivity index (χ0n) is 13.0. The highest BCUT2D eigenvalue weighted by atomic mass is 35.5. The van der Waals surface area contributed by atoms with E-state index < -0.39 is 0 Å². The van der Waals surface area contributed by atoms with Crippen LogP contribution in [0.5, 0.6) is 0 Å². The summed E-state index contributed by atoms with van der Waals surface area (Å²) in [5.41, 5.74) is 5.17. The molecule has 24 heavy (non-hydrogen) atoms. The van der Waals surface area contributed by atoms with Gasteiger partial charge in [-0.1, -0.05) is 23.7 Å². The van der Waals surface area contributed by atoms with Gasteiger partial charge < -0.3 is 4.57 Å². The van der Waals surface area contributed by atoms with Gasteiger partial charge in [0.1, 0.15) is 5.82 Å². The van der Waals surface area contributed by atoms with Crippen LogP contribution in [0.3, 0.4) is 0 Å². The van der Waals surface area contributed by atoms with E-state index in [1.807, 2.05) is 24.3 Å². The number of aliphatic imine (C=N–C) groups is 1. The van der Waals surface area contributed by atoms with Crippen molar-refractivity contribution < 1.29 is 4.39 Å². The first kappa shape index (κ1) is 16.7. The van der Waals surface area contributed by atoms with Gasteiger partial charge in [0, 0.05) is 27.5 Å². The minimum atomic E-state index is -0.277. The van der Waals surface area contributed by atoms with Gasteiger partial charge in [0.15, 0.2) is 0 Å². The predicted octanol–water partition coefficient (Wildman–Crippen LogP) is 5.35. The fourth-order valence-corrected chi connectivity index (χ4v) is 3.25. The summed E-state index contributed by atoms with van der Waals surface area (Å²) in [6, 6.07) is 16.5. The minimum absolute atomic E-state index is 0. The maximum absolute atomic E-state index is 14.3. The van der Waals surface area contributed by atoms with Crippen molar-refractivity contribution in [3.63, 3.8) is 0 Å². The average Bonchev–Trinajstić information content (AvgIpc) is 2.82. The first-order chi connectivity index (χ1) is 11.1. The van der Waals surface area contributed by atoms with E-state index in [0.717, 1.165) is 22.6 Å². The number of rotatable bonds is 1. The van der Waals surface area contributed by atoms with E-state index in [1.165, 1.54) is 6.07 Å². The molecule has 2 nitrogen and oxygen atoms in total. The maximum Gasteiger partial charge on any atom is 0.132 e. The van der Waals surface area contributed by atoms with Gasteiger partial charge in [-0.25, -0.2) is 4.39 Å². The molecule has 0 bridgehead atoms. The fourth-order valence-electron chi connectivity index (χ4n) is 3.08. The van der Waals surface area contributed by atoms with Crippen molar-refractivity contribution >= 4 is 29.7 Å². The topological polar surface area (TPSA) is 17.3 Å². The Morgan fingerprint density at radius 2 is 1.83 bits per heavy atom. The third kappa shape index (κ3) is 2.64. The van der Waals surface area contributed by atoms with E-state index in [2.05, 4.69) is 28.6 Å². The van der Waals surface area contributed by atoms with Crippen molar-refractivity contribution in [3.8, 4) is 5.69 Å². The molecule has 1 aliphatic rings. The van der Waals surface area contributed by atoms with Crippen LogP contribution in [-0.2, 0) is 6.54 Å². The lowest BCUT2D eigenvalue weighted by molar-refractivity contribution is 0.625. The lowest BCUT2D eigenvalue weighted by Crippen LogP contribution is -2.09. The fraction of sp³-hybridized carbons (Fsp3) is 0.105. The molecule has 0 unspecified atom stereocenters. The highest BCUT2D eigenvalue weighted by Gasteiger charge is 2.21. The molecule has 2 heterocycles. The largest absolute Gasteiger partial charge is 0.316 e. The summed E-state index contributed by atoms with van der Waals surface area (Å²) in [5.74, 6) is -0.277. The number of aryl methyl sites for hydroxylation is 1. The third-order valence-electron chi connectivity index (χ3n) is 4.14. The summed E-state index contributed by atoms with van der Waals surface area (Å²) in [5, 5.41) is 0.612. The van der Waals surface area contributed by atoms with E-state index in [1.54, 1.807) is 12.1 Å². The Hall–Kier alpha value is -2.10. The number of benzene rings is 2. The number of hydrogen-bond donors (Lipinski definition) is 0. The van der Waals surface area contributed by atoms with Crippen LogP contribution in [-0.4, -0.2) is 10.3 Å². The molecule has 0 N–H and O–H groups in total. The Morgan fingerprint density at radius 3 is 2.62 bits per heavy atom. The second kappa shape index (κ2) is 6.42. The molecule has 0 spiro atoms. The van der Waals surface area contributed by atoms with Gasteiger partial charge in [-0.3, -0.25) is 4.99 Å². The van der Waals surface area contributed by atoms with Gasteiger partial charge in [-0.15, -0.1) is 12.4 Å². The molecule has 1 aliphatic heterocycles. The maximum atomic E-state index is 14.3. The van der Waals surface area contributed by atoms with Gasteiger partial charge in [0.05, 0.1) is 17.9 Å². The molecule has 0 radical (unpaired) electrons. The van der Waals surface area contributed by atoms with E-state index in [9.17, 15) is 4.39 Å². The van der Waals surface area contributed by atoms with Crippen molar-refractivity contribution in [1.82, 2.24) is 4.57 Å². The van der Waals surface area contributed by atoms with Crippen molar-refractivity contribution in [2.75, 3.05) is 0 Å². The quantitative estimate of drug-likeness (QED) is 0.556. The van der Waals surface area contributed by atoms with Crippen molar-refractivity contribution in [2.45, 2.75) is 13.5 Å². The Balaban J connectivity index is 0.00000169. The predicted molar refractivity (Wildman–Crippen MR) is 98.5 cm³/mol. The van der Waals surface area contributed by atoms with Gasteiger partial charge >= 0.3 is 0 Å². The van der Waals surface area contributed by atoms with Gasteiger partial charge in [-0.05, 0) is 49.4 Å². The summed E-state index contributed by atoms with van der Waals surface area (Å²) in [6.45, 7) is 2.56. The highest BCUT2D eigenvalue weighted by molar-refractivity contribution is 6.31. The zero-order chi connectivity index (χ0) is 16.0. The molecule has 0 aliphatic carbocycles. The van der Waals surface area contributed by atoms with Crippen LogP contribution in [0.2, 0.25) is 5.02 Å². The van der Waals surface area contributed by atoms with Crippen LogP contribution in [0.4, 0.5) is 4.39 Å². The molecule has 4 rings (SSSR count). The van der Waals surface area contributed by atoms with Crippen molar-refractivity contribution in [2.24, 2.45) is 4.99 Å². The Bertz CT molecular complexity index is 944. The normalized spacial score (nSPS) is 12.5. The third-order valence-corrected chi connectivity index (χ3v) is 4.37. The summed E-state index contributed by atoms with van der Waals surface area (Å²) in [7, 11) is 0. The SMILES string of the molecule is Cc1ccc2n1-c1ccc(Cl)cc1C(c1ccccc1F)=NC2.Cl. The standard InChI is InChI=1S/C19H14ClFN2.ClH/c1-12-6-8-14-11-22-19(15-4-2-3-5-17(15)21)16-10-13(20)7-9-18(16)23(12)14;/h2-10H,11H2,1H3;1H. The number of hydrogen-bond acceptors (Lipinski definition) is 1. The molecule has 0 amide bonds. The van der Waals surface area contributed by atoms with Crippen LogP contribution < -0.4 is 0 Å². The van der Waals surface area contributed by atoms with Gasteiger partial charge in [0.25, 0.3) is 0 Å². The summed E-state index contributed by atoms with van der Waals surface area (Å²) >= 11 is 6.21. The minimum Gasteiger partial charge on any atom is -0.316 e. The summed E-state index contributed by atoms with van der Waals surface area (Å²) < 4.78 is 16.5. The van der Waals surface area contributed by atoms with E-state index in [4.69, 9.17) is 11.6 Å². The molecular weight excluding hydrogens is 346 g/mol. The second-order valence-corrected chi connectivity index (χ2v) is 6.04. The first-order valence-corrected chi connectivity index (χ1v) is 7.80. The van der Waals surface area contributed by atoms with Crippen LogP contribution >= 0.6 is 24.0 Å². The lowest BCUT2D eigenvalue weighted by atomic mass is 10.00. The highest BCUT2D eigenvalue weighted by Crippen LogP contribution is 2.30. The number of fused-ring (bicyclic) bond motifs is 3. The molecular formula is C19H15Cl2FN2. The Morgan fingerprint density at radius 1 is 1.04 bits per heavy atom. The van der Waals surface area contributed by atoms with Crippen molar-refractivity contribution in [1.29, 1.82) is 0 Å². The van der Waals surface area contributed by atoms with Gasteiger partial charge in [-0.2, -0.15) is 0 Å².